The molecule has 8 nitrogen and oxygen atoms in total. The van der Waals surface area contributed by atoms with Gasteiger partial charge in [0, 0.05) is 18.5 Å². The molecule has 2 N–H and O–H groups in total. The van der Waals surface area contributed by atoms with Crippen molar-refractivity contribution in [3.63, 3.8) is 0 Å². The van der Waals surface area contributed by atoms with Crippen LogP contribution in [0.15, 0.2) is 47.8 Å². The number of hydrogen-bond donors (Lipinski definition) is 2. The number of thiophene rings is 1. The summed E-state index contributed by atoms with van der Waals surface area (Å²) in [6.45, 7) is 4.56. The number of aryl methyl sites for hydroxylation is 1. The van der Waals surface area contributed by atoms with E-state index in [0.717, 1.165) is 23.1 Å². The van der Waals surface area contributed by atoms with Gasteiger partial charge in [-0.1, -0.05) is 35.6 Å². The largest absolute Gasteiger partial charge is 0.378 e. The van der Waals surface area contributed by atoms with Gasteiger partial charge < -0.3 is 9.64 Å². The monoisotopic (exact) mass is 479 g/mol. The molecule has 1 saturated heterocycles. The average molecular weight is 480 g/mol. The van der Waals surface area contributed by atoms with Gasteiger partial charge in [-0.25, -0.2) is 9.97 Å². The molecule has 5 rings (SSSR count). The van der Waals surface area contributed by atoms with Crippen molar-refractivity contribution in [1.29, 1.82) is 0 Å². The fraction of sp³-hybridized carbons (Fsp3) is 0.217. The summed E-state index contributed by atoms with van der Waals surface area (Å²) in [6.07, 6.45) is 0. The summed E-state index contributed by atoms with van der Waals surface area (Å²) in [6, 6.07) is 13.1. The van der Waals surface area contributed by atoms with Crippen LogP contribution in [-0.4, -0.2) is 48.1 Å². The molecule has 1 aliphatic heterocycles. The molecule has 1 aliphatic rings. The van der Waals surface area contributed by atoms with Gasteiger partial charge in [0.25, 0.3) is 11.8 Å². The Morgan fingerprint density at radius 3 is 2.61 bits per heavy atom. The molecule has 10 heteroatoms. The Morgan fingerprint density at radius 1 is 1.03 bits per heavy atom. The van der Waals surface area contributed by atoms with E-state index in [1.807, 2.05) is 41.8 Å². The number of hydrazine groups is 1. The zero-order valence-corrected chi connectivity index (χ0v) is 19.5. The maximum absolute atomic E-state index is 13.1. The van der Waals surface area contributed by atoms with Crippen molar-refractivity contribution in [3.8, 4) is 10.6 Å². The van der Waals surface area contributed by atoms with Gasteiger partial charge in [-0.2, -0.15) is 0 Å². The molecule has 3 aromatic heterocycles. The van der Waals surface area contributed by atoms with E-state index in [4.69, 9.17) is 4.74 Å². The highest BCUT2D eigenvalue weighted by molar-refractivity contribution is 7.17. The average Bonchev–Trinajstić information content (AvgIpc) is 3.52. The summed E-state index contributed by atoms with van der Waals surface area (Å²) >= 11 is 2.87. The molecule has 1 fully saturated rings. The zero-order valence-electron chi connectivity index (χ0n) is 17.8. The van der Waals surface area contributed by atoms with Crippen molar-refractivity contribution in [2.24, 2.45) is 0 Å². The number of carbonyl (C=O) groups is 2. The number of anilines is 1. The number of fused-ring (bicyclic) bond motifs is 1. The molecule has 1 aromatic carbocycles. The first-order valence-electron chi connectivity index (χ1n) is 10.4. The van der Waals surface area contributed by atoms with Gasteiger partial charge in [-0.15, -0.1) is 11.3 Å². The van der Waals surface area contributed by atoms with Gasteiger partial charge in [0.1, 0.15) is 4.88 Å². The Hall–Kier alpha value is -3.34. The third-order valence-electron chi connectivity index (χ3n) is 5.30. The van der Waals surface area contributed by atoms with Gasteiger partial charge in [-0.3, -0.25) is 20.4 Å². The number of nitrogens with one attached hydrogen (secondary N) is 2. The van der Waals surface area contributed by atoms with Crippen LogP contribution in [0.2, 0.25) is 0 Å². The number of benzene rings is 1. The smallest absolute Gasteiger partial charge is 0.281 e. The standard InChI is InChI=1S/C23H21N5O3S2/c1-14-20(33-23(24-14)28-8-10-31-11-9-28)22(30)27-26-21(29)16-13-18(19-7-4-12-32-19)25-17-6-3-2-5-15(16)17/h2-7,12-13H,8-11H2,1H3,(H,26,29)(H,27,30). The number of hydrogen-bond acceptors (Lipinski definition) is 8. The van der Waals surface area contributed by atoms with Crippen LogP contribution >= 0.6 is 22.7 Å². The fourth-order valence-electron chi connectivity index (χ4n) is 3.63. The Kier molecular flexibility index (Phi) is 6.03. The molecule has 0 saturated carbocycles. The van der Waals surface area contributed by atoms with E-state index in [1.54, 1.807) is 24.3 Å². The second-order valence-electron chi connectivity index (χ2n) is 7.47. The molecule has 0 radical (unpaired) electrons. The number of amides is 2. The highest BCUT2D eigenvalue weighted by atomic mass is 32.1. The first-order chi connectivity index (χ1) is 16.1. The van der Waals surface area contributed by atoms with Gasteiger partial charge in [-0.05, 0) is 30.5 Å². The van der Waals surface area contributed by atoms with Crippen molar-refractivity contribution < 1.29 is 14.3 Å². The number of nitrogens with zero attached hydrogens (tertiary/aromatic N) is 3. The highest BCUT2D eigenvalue weighted by Crippen LogP contribution is 2.28. The number of para-hydroxylation sites is 1. The van der Waals surface area contributed by atoms with Crippen LogP contribution in [0.25, 0.3) is 21.5 Å². The molecular weight excluding hydrogens is 458 g/mol. The van der Waals surface area contributed by atoms with Crippen molar-refractivity contribution in [2.45, 2.75) is 6.92 Å². The maximum atomic E-state index is 13.1. The number of morpholine rings is 1. The summed E-state index contributed by atoms with van der Waals surface area (Å²) in [4.78, 5) is 38.6. The summed E-state index contributed by atoms with van der Waals surface area (Å²) in [5, 5.41) is 3.47. The lowest BCUT2D eigenvalue weighted by Gasteiger charge is -2.25. The van der Waals surface area contributed by atoms with E-state index in [-0.39, 0.29) is 0 Å². The summed E-state index contributed by atoms with van der Waals surface area (Å²) in [7, 11) is 0. The van der Waals surface area contributed by atoms with Gasteiger partial charge >= 0.3 is 0 Å². The third kappa shape index (κ3) is 4.45. The lowest BCUT2D eigenvalue weighted by Crippen LogP contribution is -2.41. The normalized spacial score (nSPS) is 13.8. The van der Waals surface area contributed by atoms with E-state index in [1.165, 1.54) is 11.3 Å². The Labute approximate surface area is 198 Å². The van der Waals surface area contributed by atoms with Crippen LogP contribution in [-0.2, 0) is 4.74 Å². The summed E-state index contributed by atoms with van der Waals surface area (Å²) in [5.41, 5.74) is 7.61. The van der Waals surface area contributed by atoms with E-state index in [0.29, 0.717) is 45.9 Å². The Morgan fingerprint density at radius 2 is 1.82 bits per heavy atom. The Balaban J connectivity index is 1.35. The lowest BCUT2D eigenvalue weighted by atomic mass is 10.1. The first-order valence-corrected chi connectivity index (χ1v) is 12.1. The second-order valence-corrected chi connectivity index (χ2v) is 9.39. The molecule has 168 valence electrons. The second kappa shape index (κ2) is 9.26. The molecule has 33 heavy (non-hydrogen) atoms. The number of aromatic nitrogens is 2. The molecule has 4 heterocycles. The predicted octanol–water partition coefficient (Wildman–Crippen LogP) is 3.64. The fourth-order valence-corrected chi connectivity index (χ4v) is 5.33. The number of pyridine rings is 1. The molecule has 0 atom stereocenters. The highest BCUT2D eigenvalue weighted by Gasteiger charge is 2.21. The van der Waals surface area contributed by atoms with Gasteiger partial charge in [0.2, 0.25) is 0 Å². The number of carbonyl (C=O) groups excluding carboxylic acids is 2. The molecular formula is C23H21N5O3S2. The first kappa shape index (κ1) is 21.5. The number of thiazole rings is 1. The molecule has 2 amide bonds. The van der Waals surface area contributed by atoms with Crippen molar-refractivity contribution >= 4 is 50.5 Å². The van der Waals surface area contributed by atoms with E-state index in [2.05, 4.69) is 25.7 Å². The van der Waals surface area contributed by atoms with Crippen LogP contribution in [0.1, 0.15) is 25.7 Å². The maximum Gasteiger partial charge on any atom is 0.281 e. The number of rotatable bonds is 4. The van der Waals surface area contributed by atoms with Crippen LogP contribution < -0.4 is 15.8 Å². The minimum atomic E-state index is -0.407. The molecule has 0 unspecified atom stereocenters. The van der Waals surface area contributed by atoms with Crippen LogP contribution in [0, 0.1) is 6.92 Å². The zero-order chi connectivity index (χ0) is 22.8. The van der Waals surface area contributed by atoms with Crippen LogP contribution in [0.5, 0.6) is 0 Å². The van der Waals surface area contributed by atoms with E-state index in [9.17, 15) is 9.59 Å². The van der Waals surface area contributed by atoms with Crippen molar-refractivity contribution in [1.82, 2.24) is 20.8 Å². The molecule has 0 aliphatic carbocycles. The van der Waals surface area contributed by atoms with Crippen molar-refractivity contribution in [3.05, 3.63) is 64.0 Å². The topological polar surface area (TPSA) is 96.5 Å². The quantitative estimate of drug-likeness (QED) is 0.434. The predicted molar refractivity (Wildman–Crippen MR) is 130 cm³/mol. The molecule has 0 bridgehead atoms. The third-order valence-corrected chi connectivity index (χ3v) is 7.41. The molecule has 0 spiro atoms. The van der Waals surface area contributed by atoms with E-state index >= 15 is 0 Å². The SMILES string of the molecule is Cc1nc(N2CCOCC2)sc1C(=O)NNC(=O)c1cc(-c2cccs2)nc2ccccc12. The number of ether oxygens (including phenoxy) is 1. The minimum Gasteiger partial charge on any atom is -0.378 e. The molecule has 4 aromatic rings. The van der Waals surface area contributed by atoms with Crippen molar-refractivity contribution in [2.75, 3.05) is 31.2 Å². The van der Waals surface area contributed by atoms with Crippen LogP contribution in [0.3, 0.4) is 0 Å². The minimum absolute atomic E-state index is 0.394. The van der Waals surface area contributed by atoms with Gasteiger partial charge in [0.05, 0.1) is 40.6 Å². The van der Waals surface area contributed by atoms with Crippen LogP contribution in [0.4, 0.5) is 5.13 Å². The van der Waals surface area contributed by atoms with E-state index < -0.39 is 11.8 Å². The lowest BCUT2D eigenvalue weighted by molar-refractivity contribution is 0.0849. The Bertz CT molecular complexity index is 1310. The summed E-state index contributed by atoms with van der Waals surface area (Å²) < 4.78 is 5.38. The van der Waals surface area contributed by atoms with Gasteiger partial charge in [0.15, 0.2) is 5.13 Å². The summed E-state index contributed by atoms with van der Waals surface area (Å²) in [5.74, 6) is -0.801.